The van der Waals surface area contributed by atoms with E-state index in [-0.39, 0.29) is 0 Å². The van der Waals surface area contributed by atoms with E-state index in [1.54, 1.807) is 0 Å². The van der Waals surface area contributed by atoms with Crippen LogP contribution in [-0.2, 0) is 0 Å². The summed E-state index contributed by atoms with van der Waals surface area (Å²) in [5, 5.41) is 3.57. The Morgan fingerprint density at radius 2 is 2.09 bits per heavy atom. The molecule has 2 heteroatoms. The summed E-state index contributed by atoms with van der Waals surface area (Å²) in [6, 6.07) is 0. The predicted octanol–water partition coefficient (Wildman–Crippen LogP) is 0.867. The summed E-state index contributed by atoms with van der Waals surface area (Å²) in [4.78, 5) is 0. The molecule has 2 saturated carbocycles. The van der Waals surface area contributed by atoms with Gasteiger partial charge in [0, 0.05) is 12.1 Å². The molecular weight excluding hydrogens is 136 g/mol. The average molecular weight is 154 g/mol. The molecule has 64 valence electrons. The minimum absolute atomic E-state index is 0.384. The highest BCUT2D eigenvalue weighted by atomic mass is 15.0. The van der Waals surface area contributed by atoms with E-state index < -0.39 is 0 Å². The maximum absolute atomic E-state index is 5.64. The van der Waals surface area contributed by atoms with Gasteiger partial charge in [0.05, 0.1) is 0 Å². The zero-order valence-corrected chi connectivity index (χ0v) is 7.10. The van der Waals surface area contributed by atoms with Crippen LogP contribution < -0.4 is 11.1 Å². The number of nitrogens with two attached hydrogens (primary N) is 1. The number of hydrogen-bond acceptors (Lipinski definition) is 2. The standard InChI is InChI=1S/C9H18N2/c10-7-9(4-5-9)11-6-3-8-1-2-8/h8,11H,1-7,10H2. The first-order chi connectivity index (χ1) is 5.35. The minimum Gasteiger partial charge on any atom is -0.329 e. The summed E-state index contributed by atoms with van der Waals surface area (Å²) in [6.45, 7) is 2.03. The summed E-state index contributed by atoms with van der Waals surface area (Å²) in [5.41, 5.74) is 6.02. The fourth-order valence-corrected chi connectivity index (χ4v) is 1.55. The molecule has 2 rings (SSSR count). The third-order valence-corrected chi connectivity index (χ3v) is 2.99. The van der Waals surface area contributed by atoms with Gasteiger partial charge in [0.1, 0.15) is 0 Å². The van der Waals surface area contributed by atoms with Gasteiger partial charge >= 0.3 is 0 Å². The van der Waals surface area contributed by atoms with Crippen LogP contribution >= 0.6 is 0 Å². The van der Waals surface area contributed by atoms with Crippen LogP contribution in [0.5, 0.6) is 0 Å². The topological polar surface area (TPSA) is 38.0 Å². The number of rotatable bonds is 5. The lowest BCUT2D eigenvalue weighted by molar-refractivity contribution is 0.486. The van der Waals surface area contributed by atoms with Gasteiger partial charge in [-0.05, 0) is 31.7 Å². The van der Waals surface area contributed by atoms with Crippen molar-refractivity contribution in [3.63, 3.8) is 0 Å². The normalized spacial score (nSPS) is 27.0. The molecule has 0 aromatic heterocycles. The van der Waals surface area contributed by atoms with Crippen LogP contribution in [-0.4, -0.2) is 18.6 Å². The molecule has 0 spiro atoms. The highest BCUT2D eigenvalue weighted by molar-refractivity contribution is 5.02. The van der Waals surface area contributed by atoms with E-state index in [9.17, 15) is 0 Å². The smallest absolute Gasteiger partial charge is 0.0305 e. The molecule has 2 fully saturated rings. The van der Waals surface area contributed by atoms with Crippen molar-refractivity contribution in [1.29, 1.82) is 0 Å². The molecule has 2 aliphatic rings. The second-order valence-electron chi connectivity index (χ2n) is 4.14. The predicted molar refractivity (Wildman–Crippen MR) is 46.4 cm³/mol. The molecule has 0 aromatic rings. The molecule has 0 aliphatic heterocycles. The quantitative estimate of drug-likeness (QED) is 0.616. The highest BCUT2D eigenvalue weighted by Crippen LogP contribution is 2.35. The summed E-state index contributed by atoms with van der Waals surface area (Å²) >= 11 is 0. The molecule has 0 atom stereocenters. The molecule has 0 unspecified atom stereocenters. The lowest BCUT2D eigenvalue weighted by Crippen LogP contribution is -2.39. The third-order valence-electron chi connectivity index (χ3n) is 2.99. The van der Waals surface area contributed by atoms with Crippen molar-refractivity contribution < 1.29 is 0 Å². The first-order valence-corrected chi connectivity index (χ1v) is 4.80. The van der Waals surface area contributed by atoms with Crippen LogP contribution in [0.2, 0.25) is 0 Å². The molecule has 0 bridgehead atoms. The van der Waals surface area contributed by atoms with Crippen LogP contribution in [0.3, 0.4) is 0 Å². The maximum Gasteiger partial charge on any atom is 0.0305 e. The fraction of sp³-hybridized carbons (Fsp3) is 1.00. The van der Waals surface area contributed by atoms with E-state index >= 15 is 0 Å². The SMILES string of the molecule is NCC1(NCCC2CC2)CC1. The van der Waals surface area contributed by atoms with Crippen molar-refractivity contribution in [2.75, 3.05) is 13.1 Å². The first-order valence-electron chi connectivity index (χ1n) is 4.80. The van der Waals surface area contributed by atoms with E-state index in [1.807, 2.05) is 0 Å². The fourth-order valence-electron chi connectivity index (χ4n) is 1.55. The van der Waals surface area contributed by atoms with Gasteiger partial charge in [-0.25, -0.2) is 0 Å². The largest absolute Gasteiger partial charge is 0.329 e. The molecule has 0 heterocycles. The molecule has 0 radical (unpaired) electrons. The van der Waals surface area contributed by atoms with Crippen LogP contribution in [0.4, 0.5) is 0 Å². The minimum atomic E-state index is 0.384. The highest BCUT2D eigenvalue weighted by Gasteiger charge is 2.40. The Morgan fingerprint density at radius 3 is 2.55 bits per heavy atom. The van der Waals surface area contributed by atoms with Crippen LogP contribution in [0.25, 0.3) is 0 Å². The molecule has 3 N–H and O–H groups in total. The van der Waals surface area contributed by atoms with E-state index in [4.69, 9.17) is 5.73 Å². The van der Waals surface area contributed by atoms with Gasteiger partial charge < -0.3 is 11.1 Å². The van der Waals surface area contributed by atoms with Gasteiger partial charge in [-0.15, -0.1) is 0 Å². The Morgan fingerprint density at radius 1 is 1.36 bits per heavy atom. The van der Waals surface area contributed by atoms with Gasteiger partial charge in [-0.2, -0.15) is 0 Å². The molecule has 0 amide bonds. The molecule has 11 heavy (non-hydrogen) atoms. The Labute approximate surface area is 68.5 Å². The maximum atomic E-state index is 5.64. The van der Waals surface area contributed by atoms with Gasteiger partial charge in [0.2, 0.25) is 0 Å². The molecule has 0 aromatic carbocycles. The molecule has 2 nitrogen and oxygen atoms in total. The van der Waals surface area contributed by atoms with E-state index in [1.165, 1.54) is 38.6 Å². The Kier molecular flexibility index (Phi) is 1.90. The van der Waals surface area contributed by atoms with E-state index in [0.29, 0.717) is 5.54 Å². The van der Waals surface area contributed by atoms with Crippen molar-refractivity contribution in [2.24, 2.45) is 11.7 Å². The molecule has 2 aliphatic carbocycles. The first kappa shape index (κ1) is 7.56. The lowest BCUT2D eigenvalue weighted by Gasteiger charge is -2.13. The van der Waals surface area contributed by atoms with Crippen LogP contribution in [0.15, 0.2) is 0 Å². The number of hydrogen-bond donors (Lipinski definition) is 2. The third kappa shape index (κ3) is 1.94. The van der Waals surface area contributed by atoms with Crippen molar-refractivity contribution in [3.8, 4) is 0 Å². The van der Waals surface area contributed by atoms with Gasteiger partial charge in [0.15, 0.2) is 0 Å². The van der Waals surface area contributed by atoms with Gasteiger partial charge in [-0.1, -0.05) is 12.8 Å². The van der Waals surface area contributed by atoms with Crippen molar-refractivity contribution >= 4 is 0 Å². The lowest BCUT2D eigenvalue weighted by atomic mass is 10.2. The summed E-state index contributed by atoms with van der Waals surface area (Å²) in [7, 11) is 0. The van der Waals surface area contributed by atoms with Gasteiger partial charge in [0.25, 0.3) is 0 Å². The Bertz CT molecular complexity index is 136. The molecular formula is C9H18N2. The van der Waals surface area contributed by atoms with E-state index in [2.05, 4.69) is 5.32 Å². The summed E-state index contributed by atoms with van der Waals surface area (Å²) < 4.78 is 0. The van der Waals surface area contributed by atoms with Crippen molar-refractivity contribution in [2.45, 2.75) is 37.6 Å². The summed E-state index contributed by atoms with van der Waals surface area (Å²) in [6.07, 6.45) is 6.92. The average Bonchev–Trinajstić information content (AvgIpc) is 2.80. The van der Waals surface area contributed by atoms with Crippen molar-refractivity contribution in [3.05, 3.63) is 0 Å². The van der Waals surface area contributed by atoms with Crippen molar-refractivity contribution in [1.82, 2.24) is 5.32 Å². The zero-order valence-electron chi connectivity index (χ0n) is 7.10. The molecule has 0 saturated heterocycles. The second kappa shape index (κ2) is 2.76. The Hall–Kier alpha value is -0.0800. The Balaban J connectivity index is 1.58. The van der Waals surface area contributed by atoms with E-state index in [0.717, 1.165) is 12.5 Å². The van der Waals surface area contributed by atoms with Crippen LogP contribution in [0, 0.1) is 5.92 Å². The monoisotopic (exact) mass is 154 g/mol. The second-order valence-corrected chi connectivity index (χ2v) is 4.14. The van der Waals surface area contributed by atoms with Crippen LogP contribution in [0.1, 0.15) is 32.1 Å². The van der Waals surface area contributed by atoms with Gasteiger partial charge in [-0.3, -0.25) is 0 Å². The zero-order chi connectivity index (χ0) is 7.73. The summed E-state index contributed by atoms with van der Waals surface area (Å²) in [5.74, 6) is 1.05. The number of nitrogens with one attached hydrogen (secondary N) is 1.